The predicted octanol–water partition coefficient (Wildman–Crippen LogP) is 22.1. The Balaban J connectivity index is 0.883. The third-order valence-electron chi connectivity index (χ3n) is 17.4. The minimum absolute atomic E-state index is 0.845. The van der Waals surface area contributed by atoms with Crippen molar-refractivity contribution in [1.29, 1.82) is 0 Å². The first-order chi connectivity index (χ1) is 41.7. The molecule has 0 aliphatic carbocycles. The molecule has 4 heterocycles. The van der Waals surface area contributed by atoms with E-state index in [1.165, 1.54) is 53.9 Å². The molecule has 0 aliphatic heterocycles. The van der Waals surface area contributed by atoms with Crippen LogP contribution in [0.5, 0.6) is 0 Å². The van der Waals surface area contributed by atoms with Gasteiger partial charge in [0.1, 0.15) is 11.2 Å². The van der Waals surface area contributed by atoms with Gasteiger partial charge < -0.3 is 27.8 Å². The van der Waals surface area contributed by atoms with Gasteiger partial charge in [-0.25, -0.2) is 0 Å². The average Bonchev–Trinajstić information content (AvgIpc) is 3.42. The van der Waals surface area contributed by atoms with E-state index >= 15 is 0 Å². The van der Waals surface area contributed by atoms with E-state index in [9.17, 15) is 0 Å². The number of furan rings is 2. The highest BCUT2D eigenvalue weighted by Gasteiger charge is 2.26. The molecule has 18 rings (SSSR count). The lowest BCUT2D eigenvalue weighted by atomic mass is 9.99. The summed E-state index contributed by atoms with van der Waals surface area (Å²) >= 11 is 0. The molecule has 0 fully saturated rings. The SMILES string of the molecule is c1ccc(-n2c3cc(N(c4ccc5ccccc5c4)c4cccc5c4oc4ccccc45)ccc3c3c4ccc5c(c4ccc32)c2ccc(N(c3ccc4ccccc4c3)c3cccc4c3oc3ccccc34)cc2n5-c2ccccc2)cc1. The van der Waals surface area contributed by atoms with E-state index in [0.29, 0.717) is 0 Å². The molecule has 6 nitrogen and oxygen atoms in total. The van der Waals surface area contributed by atoms with E-state index in [1.807, 2.05) is 12.1 Å². The first-order valence-corrected chi connectivity index (χ1v) is 28.6. The number of hydrogen-bond acceptors (Lipinski definition) is 4. The van der Waals surface area contributed by atoms with Crippen LogP contribution in [-0.4, -0.2) is 9.13 Å². The Morgan fingerprint density at radius 1 is 0.238 bits per heavy atom. The highest BCUT2D eigenvalue weighted by atomic mass is 16.3. The molecule has 0 aliphatic rings. The van der Waals surface area contributed by atoms with Crippen LogP contribution < -0.4 is 9.80 Å². The fourth-order valence-electron chi connectivity index (χ4n) is 13.7. The normalized spacial score (nSPS) is 12.0. The second-order valence-corrected chi connectivity index (χ2v) is 22.0. The minimum atomic E-state index is 0.845. The van der Waals surface area contributed by atoms with Crippen molar-refractivity contribution >= 4 is 154 Å². The van der Waals surface area contributed by atoms with Crippen LogP contribution in [-0.2, 0) is 0 Å². The number of nitrogens with zero attached hydrogens (tertiary/aromatic N) is 4. The van der Waals surface area contributed by atoms with Crippen molar-refractivity contribution in [2.24, 2.45) is 0 Å². The maximum atomic E-state index is 6.81. The zero-order chi connectivity index (χ0) is 55.0. The third kappa shape index (κ3) is 6.92. The fourth-order valence-corrected chi connectivity index (χ4v) is 13.7. The molecule has 0 bridgehead atoms. The molecular formula is C78H48N4O2. The molecule has 392 valence electrons. The van der Waals surface area contributed by atoms with Gasteiger partial charge >= 0.3 is 0 Å². The van der Waals surface area contributed by atoms with E-state index in [0.717, 1.165) is 111 Å². The van der Waals surface area contributed by atoms with Crippen LogP contribution in [0.4, 0.5) is 34.1 Å². The molecule has 4 aromatic heterocycles. The van der Waals surface area contributed by atoms with Gasteiger partial charge in [0.2, 0.25) is 0 Å². The van der Waals surface area contributed by atoms with Crippen molar-refractivity contribution in [2.75, 3.05) is 9.80 Å². The molecule has 0 saturated carbocycles. The first-order valence-electron chi connectivity index (χ1n) is 28.6. The molecule has 0 spiro atoms. The topological polar surface area (TPSA) is 42.6 Å². The van der Waals surface area contributed by atoms with Gasteiger partial charge in [0.25, 0.3) is 0 Å². The maximum Gasteiger partial charge on any atom is 0.159 e. The standard InChI is InChI=1S/C78H48N4O2/c1-3-21-53(22-4-1)81-67-43-41-62-61(75(67)65-39-37-57(47-71(65)81)79(55-35-33-49-17-7-9-19-51(49)45-55)69-29-15-27-63-59-25-11-13-31-73(59)83-77(63)69)42-44-68-76(62)66-40-38-58(48-72(66)82(68)54-23-5-2-6-24-54)80(56-36-34-50-18-8-10-20-52(50)46-56)70-30-16-28-64-60-26-12-14-32-74(60)84-78(64)70/h1-48H. The Hall–Kier alpha value is -11.3. The molecule has 0 saturated heterocycles. The summed E-state index contributed by atoms with van der Waals surface area (Å²) in [7, 11) is 0. The summed E-state index contributed by atoms with van der Waals surface area (Å²) in [5, 5.41) is 16.2. The average molecular weight is 1070 g/mol. The van der Waals surface area contributed by atoms with Crippen molar-refractivity contribution in [2.45, 2.75) is 0 Å². The summed E-state index contributed by atoms with van der Waals surface area (Å²) in [4.78, 5) is 4.74. The van der Waals surface area contributed by atoms with Gasteiger partial charge in [-0.15, -0.1) is 0 Å². The Bertz CT molecular complexity index is 5360. The van der Waals surface area contributed by atoms with Gasteiger partial charge in [-0.05, 0) is 142 Å². The number of aromatic nitrogens is 2. The largest absolute Gasteiger partial charge is 0.454 e. The molecule has 84 heavy (non-hydrogen) atoms. The quantitative estimate of drug-likeness (QED) is 0.152. The predicted molar refractivity (Wildman–Crippen MR) is 352 cm³/mol. The summed E-state index contributed by atoms with van der Waals surface area (Å²) in [6.07, 6.45) is 0. The summed E-state index contributed by atoms with van der Waals surface area (Å²) in [5.41, 5.74) is 16.2. The first kappa shape index (κ1) is 46.4. The van der Waals surface area contributed by atoms with Crippen molar-refractivity contribution in [3.63, 3.8) is 0 Å². The Kier molecular flexibility index (Phi) is 9.99. The molecule has 18 aromatic rings. The summed E-state index contributed by atoms with van der Waals surface area (Å²) < 4.78 is 18.5. The zero-order valence-corrected chi connectivity index (χ0v) is 45.3. The molecule has 0 unspecified atom stereocenters. The number of anilines is 6. The molecule has 14 aromatic carbocycles. The van der Waals surface area contributed by atoms with Gasteiger partial charge in [-0.1, -0.05) is 182 Å². The number of rotatable bonds is 8. The smallest absolute Gasteiger partial charge is 0.159 e. The van der Waals surface area contributed by atoms with Crippen LogP contribution in [0, 0.1) is 0 Å². The van der Waals surface area contributed by atoms with Crippen LogP contribution in [0.1, 0.15) is 0 Å². The molecular weight excluding hydrogens is 1020 g/mol. The highest BCUT2D eigenvalue weighted by molar-refractivity contribution is 6.30. The van der Waals surface area contributed by atoms with Gasteiger partial charge in [0.05, 0.1) is 33.4 Å². The number of para-hydroxylation sites is 6. The maximum absolute atomic E-state index is 6.81. The van der Waals surface area contributed by atoms with Crippen LogP contribution in [0.3, 0.4) is 0 Å². The lowest BCUT2D eigenvalue weighted by molar-refractivity contribution is 0.668. The zero-order valence-electron chi connectivity index (χ0n) is 45.3. The number of hydrogen-bond donors (Lipinski definition) is 0. The molecule has 0 N–H and O–H groups in total. The van der Waals surface area contributed by atoms with E-state index in [2.05, 4.69) is 298 Å². The van der Waals surface area contributed by atoms with E-state index in [1.54, 1.807) is 0 Å². The van der Waals surface area contributed by atoms with Crippen molar-refractivity contribution < 1.29 is 8.83 Å². The monoisotopic (exact) mass is 1070 g/mol. The molecule has 6 heteroatoms. The van der Waals surface area contributed by atoms with Crippen molar-refractivity contribution in [3.8, 4) is 11.4 Å². The van der Waals surface area contributed by atoms with Crippen molar-refractivity contribution in [3.05, 3.63) is 291 Å². The van der Waals surface area contributed by atoms with E-state index < -0.39 is 0 Å². The van der Waals surface area contributed by atoms with Gasteiger partial charge in [0, 0.05) is 77.2 Å². The minimum Gasteiger partial charge on any atom is -0.454 e. The highest BCUT2D eigenvalue weighted by Crippen LogP contribution is 2.49. The molecule has 0 amide bonds. The van der Waals surface area contributed by atoms with E-state index in [-0.39, 0.29) is 0 Å². The van der Waals surface area contributed by atoms with Gasteiger partial charge in [-0.2, -0.15) is 0 Å². The summed E-state index contributed by atoms with van der Waals surface area (Å²) in [5.74, 6) is 0. The Morgan fingerprint density at radius 2 is 0.607 bits per heavy atom. The van der Waals surface area contributed by atoms with Gasteiger partial charge in [-0.3, -0.25) is 0 Å². The van der Waals surface area contributed by atoms with Crippen LogP contribution >= 0.6 is 0 Å². The van der Waals surface area contributed by atoms with Crippen LogP contribution in [0.15, 0.2) is 300 Å². The van der Waals surface area contributed by atoms with Crippen molar-refractivity contribution in [1.82, 2.24) is 9.13 Å². The van der Waals surface area contributed by atoms with Gasteiger partial charge in [0.15, 0.2) is 11.2 Å². The van der Waals surface area contributed by atoms with Crippen LogP contribution in [0.2, 0.25) is 0 Å². The molecule has 0 radical (unpaired) electrons. The second kappa shape index (κ2) is 18.1. The lowest BCUT2D eigenvalue weighted by Crippen LogP contribution is -2.10. The second-order valence-electron chi connectivity index (χ2n) is 22.0. The van der Waals surface area contributed by atoms with E-state index in [4.69, 9.17) is 8.83 Å². The molecule has 0 atom stereocenters. The lowest BCUT2D eigenvalue weighted by Gasteiger charge is -2.26. The number of fused-ring (bicyclic) bond motifs is 17. The third-order valence-corrected chi connectivity index (χ3v) is 17.4. The number of benzene rings is 14. The van der Waals surface area contributed by atoms with Crippen LogP contribution in [0.25, 0.3) is 131 Å². The Labute approximate surface area is 481 Å². The Morgan fingerprint density at radius 3 is 1.07 bits per heavy atom. The fraction of sp³-hybridized carbons (Fsp3) is 0. The summed E-state index contributed by atoms with van der Waals surface area (Å²) in [6.45, 7) is 0. The summed E-state index contributed by atoms with van der Waals surface area (Å²) in [6, 6.07) is 105.